The summed E-state index contributed by atoms with van der Waals surface area (Å²) in [5.41, 5.74) is 1.44. The first-order valence-electron chi connectivity index (χ1n) is 7.67. The van der Waals surface area contributed by atoms with Crippen LogP contribution in [0.15, 0.2) is 36.5 Å². The molecular formula is C17H21N3O. The average Bonchev–Trinajstić information content (AvgIpc) is 2.55. The zero-order valence-corrected chi connectivity index (χ0v) is 12.1. The molecule has 2 N–H and O–H groups in total. The average molecular weight is 283 g/mol. The Hall–Kier alpha value is -1.94. The summed E-state index contributed by atoms with van der Waals surface area (Å²) in [7, 11) is 0. The van der Waals surface area contributed by atoms with E-state index in [4.69, 9.17) is 0 Å². The number of benzene rings is 1. The molecular weight excluding hydrogens is 262 g/mol. The van der Waals surface area contributed by atoms with Gasteiger partial charge in [-0.15, -0.1) is 0 Å². The molecule has 1 aromatic carbocycles. The number of pyridine rings is 1. The Morgan fingerprint density at radius 3 is 3.10 bits per heavy atom. The van der Waals surface area contributed by atoms with Crippen molar-refractivity contribution in [3.8, 4) is 0 Å². The number of hydrogen-bond acceptors (Lipinski definition) is 3. The number of carbonyl (C=O) groups is 1. The molecule has 1 unspecified atom stereocenters. The number of fused-ring (bicyclic) bond motifs is 1. The molecule has 2 aromatic rings. The minimum absolute atomic E-state index is 0.0249. The fourth-order valence-electron chi connectivity index (χ4n) is 2.94. The molecule has 2 heterocycles. The quantitative estimate of drug-likeness (QED) is 0.905. The zero-order chi connectivity index (χ0) is 14.5. The number of hydrogen-bond donors (Lipinski definition) is 2. The van der Waals surface area contributed by atoms with Gasteiger partial charge in [-0.25, -0.2) is 0 Å². The van der Waals surface area contributed by atoms with Gasteiger partial charge in [0, 0.05) is 18.1 Å². The summed E-state index contributed by atoms with van der Waals surface area (Å²) in [5, 5.41) is 7.44. The van der Waals surface area contributed by atoms with Crippen LogP contribution >= 0.6 is 0 Å². The summed E-state index contributed by atoms with van der Waals surface area (Å²) in [6.45, 7) is 2.94. The van der Waals surface area contributed by atoms with E-state index in [1.807, 2.05) is 30.3 Å². The van der Waals surface area contributed by atoms with Gasteiger partial charge in [0.15, 0.2) is 0 Å². The molecule has 0 aliphatic carbocycles. The minimum atomic E-state index is -0.0249. The normalized spacial score (nSPS) is 18.6. The lowest BCUT2D eigenvalue weighted by molar-refractivity contribution is 0.0952. The van der Waals surface area contributed by atoms with Crippen molar-refractivity contribution < 1.29 is 4.79 Å². The van der Waals surface area contributed by atoms with Crippen molar-refractivity contribution in [1.29, 1.82) is 0 Å². The fourth-order valence-corrected chi connectivity index (χ4v) is 2.94. The highest BCUT2D eigenvalue weighted by atomic mass is 16.1. The summed E-state index contributed by atoms with van der Waals surface area (Å²) >= 11 is 0. The van der Waals surface area contributed by atoms with Gasteiger partial charge in [-0.1, -0.05) is 18.2 Å². The van der Waals surface area contributed by atoms with Crippen LogP contribution in [0, 0.1) is 5.92 Å². The highest BCUT2D eigenvalue weighted by Gasteiger charge is 2.14. The van der Waals surface area contributed by atoms with E-state index in [2.05, 4.69) is 15.6 Å². The molecule has 1 aromatic heterocycles. The van der Waals surface area contributed by atoms with Crippen LogP contribution < -0.4 is 10.6 Å². The van der Waals surface area contributed by atoms with E-state index in [9.17, 15) is 4.79 Å². The lowest BCUT2D eigenvalue weighted by atomic mass is 9.96. The number of nitrogens with zero attached hydrogens (tertiary/aromatic N) is 1. The minimum Gasteiger partial charge on any atom is -0.352 e. The third kappa shape index (κ3) is 3.39. The predicted octanol–water partition coefficient (Wildman–Crippen LogP) is 2.35. The van der Waals surface area contributed by atoms with Crippen molar-refractivity contribution in [2.45, 2.75) is 19.3 Å². The highest BCUT2D eigenvalue weighted by Crippen LogP contribution is 2.16. The monoisotopic (exact) mass is 283 g/mol. The van der Waals surface area contributed by atoms with Crippen molar-refractivity contribution in [1.82, 2.24) is 15.6 Å². The van der Waals surface area contributed by atoms with Gasteiger partial charge < -0.3 is 10.6 Å². The Kier molecular flexibility index (Phi) is 4.46. The van der Waals surface area contributed by atoms with Crippen LogP contribution in [0.1, 0.15) is 29.6 Å². The summed E-state index contributed by atoms with van der Waals surface area (Å²) in [6.07, 6.45) is 5.27. The molecule has 1 amide bonds. The van der Waals surface area contributed by atoms with E-state index in [0.717, 1.165) is 37.0 Å². The van der Waals surface area contributed by atoms with Crippen molar-refractivity contribution in [2.75, 3.05) is 19.6 Å². The number of nitrogens with one attached hydrogen (secondary N) is 2. The van der Waals surface area contributed by atoms with Crippen LogP contribution in [0.2, 0.25) is 0 Å². The Labute approximate surface area is 125 Å². The van der Waals surface area contributed by atoms with Crippen LogP contribution in [0.25, 0.3) is 10.9 Å². The highest BCUT2D eigenvalue weighted by molar-refractivity contribution is 6.05. The molecule has 110 valence electrons. The van der Waals surface area contributed by atoms with Crippen LogP contribution in [0.5, 0.6) is 0 Å². The molecule has 4 nitrogen and oxygen atoms in total. The lowest BCUT2D eigenvalue weighted by Gasteiger charge is -2.22. The lowest BCUT2D eigenvalue weighted by Crippen LogP contribution is -2.33. The van der Waals surface area contributed by atoms with Gasteiger partial charge >= 0.3 is 0 Å². The summed E-state index contributed by atoms with van der Waals surface area (Å²) < 4.78 is 0. The standard InChI is InChI=1S/C17H21N3O/c21-17(20-11-8-13-4-2-9-18-12-13)15-7-1-5-14-6-3-10-19-16(14)15/h1,3,5-7,10,13,18H,2,4,8-9,11-12H2,(H,20,21). The van der Waals surface area contributed by atoms with Gasteiger partial charge in [0.05, 0.1) is 11.1 Å². The van der Waals surface area contributed by atoms with E-state index < -0.39 is 0 Å². The summed E-state index contributed by atoms with van der Waals surface area (Å²) in [5.74, 6) is 0.660. The van der Waals surface area contributed by atoms with Gasteiger partial charge in [-0.2, -0.15) is 0 Å². The molecule has 1 fully saturated rings. The van der Waals surface area contributed by atoms with Gasteiger partial charge in [-0.05, 0) is 50.4 Å². The van der Waals surface area contributed by atoms with E-state index >= 15 is 0 Å². The third-order valence-electron chi connectivity index (χ3n) is 4.11. The molecule has 0 radical (unpaired) electrons. The van der Waals surface area contributed by atoms with Gasteiger partial charge in [0.25, 0.3) is 5.91 Å². The molecule has 1 aliphatic heterocycles. The summed E-state index contributed by atoms with van der Waals surface area (Å²) in [4.78, 5) is 16.7. The molecule has 4 heteroatoms. The van der Waals surface area contributed by atoms with Gasteiger partial charge in [0.1, 0.15) is 0 Å². The van der Waals surface area contributed by atoms with Crippen molar-refractivity contribution in [2.24, 2.45) is 5.92 Å². The Morgan fingerprint density at radius 1 is 1.33 bits per heavy atom. The molecule has 0 bridgehead atoms. The molecule has 1 atom stereocenters. The number of carbonyl (C=O) groups excluding carboxylic acids is 1. The van der Waals surface area contributed by atoms with Crippen LogP contribution in [0.4, 0.5) is 0 Å². The maximum Gasteiger partial charge on any atom is 0.253 e. The molecule has 0 spiro atoms. The topological polar surface area (TPSA) is 54.0 Å². The van der Waals surface area contributed by atoms with E-state index in [-0.39, 0.29) is 5.91 Å². The van der Waals surface area contributed by atoms with Crippen LogP contribution in [0.3, 0.4) is 0 Å². The first-order chi connectivity index (χ1) is 10.3. The largest absolute Gasteiger partial charge is 0.352 e. The molecule has 0 saturated carbocycles. The number of rotatable bonds is 4. The maximum atomic E-state index is 12.3. The Balaban J connectivity index is 1.61. The third-order valence-corrected chi connectivity index (χ3v) is 4.11. The van der Waals surface area contributed by atoms with E-state index in [0.29, 0.717) is 11.5 Å². The first kappa shape index (κ1) is 14.0. The van der Waals surface area contributed by atoms with Crippen LogP contribution in [-0.2, 0) is 0 Å². The van der Waals surface area contributed by atoms with E-state index in [1.165, 1.54) is 12.8 Å². The van der Waals surface area contributed by atoms with Gasteiger partial charge in [-0.3, -0.25) is 9.78 Å². The number of para-hydroxylation sites is 1. The smallest absolute Gasteiger partial charge is 0.253 e. The number of piperidine rings is 1. The molecule has 21 heavy (non-hydrogen) atoms. The second kappa shape index (κ2) is 6.68. The Bertz CT molecular complexity index is 615. The van der Waals surface area contributed by atoms with Gasteiger partial charge in [0.2, 0.25) is 0 Å². The zero-order valence-electron chi connectivity index (χ0n) is 12.1. The number of aromatic nitrogens is 1. The van der Waals surface area contributed by atoms with Crippen molar-refractivity contribution in [3.05, 3.63) is 42.1 Å². The first-order valence-corrected chi connectivity index (χ1v) is 7.67. The maximum absolute atomic E-state index is 12.3. The van der Waals surface area contributed by atoms with Crippen molar-refractivity contribution in [3.63, 3.8) is 0 Å². The van der Waals surface area contributed by atoms with Crippen LogP contribution in [-0.4, -0.2) is 30.5 Å². The summed E-state index contributed by atoms with van der Waals surface area (Å²) in [6, 6.07) is 9.59. The molecule has 1 saturated heterocycles. The number of amides is 1. The second-order valence-electron chi connectivity index (χ2n) is 5.64. The predicted molar refractivity (Wildman–Crippen MR) is 84.3 cm³/mol. The van der Waals surface area contributed by atoms with E-state index in [1.54, 1.807) is 6.20 Å². The molecule has 1 aliphatic rings. The Morgan fingerprint density at radius 2 is 2.24 bits per heavy atom. The molecule has 3 rings (SSSR count). The fraction of sp³-hybridized carbons (Fsp3) is 0.412. The van der Waals surface area contributed by atoms with Crippen molar-refractivity contribution >= 4 is 16.8 Å². The SMILES string of the molecule is O=C(NCCC1CCCNC1)c1cccc2cccnc12. The second-order valence-corrected chi connectivity index (χ2v) is 5.64.